The molecule has 2 fully saturated rings. The third kappa shape index (κ3) is 5.44. The monoisotopic (exact) mass is 462 g/mol. The molecule has 1 unspecified atom stereocenters. The minimum absolute atomic E-state index is 0.177. The number of hydrogen-bond acceptors (Lipinski definition) is 4. The molecule has 4 amide bonds. The summed E-state index contributed by atoms with van der Waals surface area (Å²) in [7, 11) is 1.56. The normalized spacial score (nSPS) is 24.1. The lowest BCUT2D eigenvalue weighted by molar-refractivity contribution is -0.147. The van der Waals surface area contributed by atoms with E-state index in [4.69, 9.17) is 0 Å². The number of rotatable bonds is 4. The van der Waals surface area contributed by atoms with Gasteiger partial charge >= 0.3 is 0 Å². The van der Waals surface area contributed by atoms with Crippen molar-refractivity contribution in [3.8, 4) is 0 Å². The van der Waals surface area contributed by atoms with Crippen molar-refractivity contribution in [2.75, 3.05) is 20.1 Å². The van der Waals surface area contributed by atoms with Crippen LogP contribution in [0.2, 0.25) is 0 Å². The lowest BCUT2D eigenvalue weighted by atomic mass is 10.0. The molecule has 2 aromatic rings. The van der Waals surface area contributed by atoms with Gasteiger partial charge < -0.3 is 20.4 Å². The van der Waals surface area contributed by atoms with E-state index in [9.17, 15) is 19.2 Å². The molecule has 2 heterocycles. The third-order valence-electron chi connectivity index (χ3n) is 6.41. The second kappa shape index (κ2) is 10.5. The van der Waals surface area contributed by atoms with Gasteiger partial charge in [-0.05, 0) is 24.0 Å². The van der Waals surface area contributed by atoms with Crippen molar-refractivity contribution < 1.29 is 19.2 Å². The molecule has 2 N–H and O–H groups in total. The Bertz CT molecular complexity index is 1040. The number of fused-ring (bicyclic) bond motifs is 1. The van der Waals surface area contributed by atoms with Crippen LogP contribution in [0.1, 0.15) is 24.0 Å². The number of carbonyl (C=O) groups excluding carboxylic acids is 4. The van der Waals surface area contributed by atoms with Crippen molar-refractivity contribution in [2.24, 2.45) is 0 Å². The number of benzene rings is 2. The quantitative estimate of drug-likeness (QED) is 0.706. The van der Waals surface area contributed by atoms with Gasteiger partial charge in [-0.15, -0.1) is 0 Å². The predicted octanol–water partition coefficient (Wildman–Crippen LogP) is 0.904. The maximum atomic E-state index is 13.6. The number of hydrogen-bond donors (Lipinski definition) is 2. The molecule has 4 rings (SSSR count). The van der Waals surface area contributed by atoms with Gasteiger partial charge in [0.05, 0.1) is 6.54 Å². The summed E-state index contributed by atoms with van der Waals surface area (Å²) in [6.45, 7) is 0.271. The summed E-state index contributed by atoms with van der Waals surface area (Å²) < 4.78 is 0. The van der Waals surface area contributed by atoms with Gasteiger partial charge in [-0.25, -0.2) is 0 Å². The van der Waals surface area contributed by atoms with E-state index in [1.165, 1.54) is 4.90 Å². The molecular weight excluding hydrogens is 432 g/mol. The molecule has 3 atom stereocenters. The van der Waals surface area contributed by atoms with E-state index in [-0.39, 0.29) is 24.8 Å². The molecule has 0 spiro atoms. The van der Waals surface area contributed by atoms with Crippen molar-refractivity contribution >= 4 is 23.6 Å². The number of amides is 4. The molecule has 0 bridgehead atoms. The molecule has 0 radical (unpaired) electrons. The van der Waals surface area contributed by atoms with E-state index in [2.05, 4.69) is 10.6 Å². The van der Waals surface area contributed by atoms with Gasteiger partial charge in [0.15, 0.2) is 0 Å². The van der Waals surface area contributed by atoms with Crippen LogP contribution in [0, 0.1) is 0 Å². The van der Waals surface area contributed by atoms with Crippen LogP contribution < -0.4 is 10.6 Å². The number of carbonyl (C=O) groups is 4. The third-order valence-corrected chi connectivity index (χ3v) is 6.41. The molecule has 178 valence electrons. The number of nitrogens with zero attached hydrogens (tertiary/aromatic N) is 2. The first kappa shape index (κ1) is 23.5. The Morgan fingerprint density at radius 1 is 0.794 bits per heavy atom. The fraction of sp³-hybridized carbons (Fsp3) is 0.385. The number of likely N-dealkylation sites (N-methyl/N-ethyl adjacent to an activating group) is 1. The molecule has 8 heteroatoms. The van der Waals surface area contributed by atoms with Crippen molar-refractivity contribution in [2.45, 2.75) is 43.8 Å². The summed E-state index contributed by atoms with van der Waals surface area (Å²) in [4.78, 5) is 55.8. The fourth-order valence-electron chi connectivity index (χ4n) is 4.66. The SMILES string of the molecule is CN1CC(=O)NC(Cc2ccccc2)C(=O)N[C@H](Cc2ccccc2)C(=O)N2CCC[C@H]2C1=O. The van der Waals surface area contributed by atoms with Gasteiger partial charge in [-0.3, -0.25) is 19.2 Å². The standard InChI is InChI=1S/C26H30N4O4/c1-29-17-23(31)27-20(15-18-9-4-2-5-10-18)24(32)28-21(16-19-11-6-3-7-12-19)25(33)30-14-8-13-22(30)26(29)34/h2-7,9-12,20-22H,8,13-17H2,1H3,(H,27,31)(H,28,32)/t20?,21-,22+/m1/s1. The Hall–Kier alpha value is -3.68. The van der Waals surface area contributed by atoms with E-state index in [0.29, 0.717) is 25.8 Å². The maximum absolute atomic E-state index is 13.6. The van der Waals surface area contributed by atoms with Gasteiger partial charge in [0.1, 0.15) is 18.1 Å². The molecule has 2 aliphatic heterocycles. The second-order valence-corrected chi connectivity index (χ2v) is 8.94. The molecule has 0 saturated carbocycles. The van der Waals surface area contributed by atoms with Crippen LogP contribution in [0.25, 0.3) is 0 Å². The topological polar surface area (TPSA) is 98.8 Å². The van der Waals surface area contributed by atoms with E-state index >= 15 is 0 Å². The van der Waals surface area contributed by atoms with E-state index in [1.54, 1.807) is 11.9 Å². The summed E-state index contributed by atoms with van der Waals surface area (Å²) in [5.74, 6) is -1.36. The highest BCUT2D eigenvalue weighted by Gasteiger charge is 2.40. The summed E-state index contributed by atoms with van der Waals surface area (Å²) in [5, 5.41) is 5.67. The van der Waals surface area contributed by atoms with Crippen molar-refractivity contribution in [3.05, 3.63) is 71.8 Å². The molecular formula is C26H30N4O4. The fourth-order valence-corrected chi connectivity index (χ4v) is 4.66. The summed E-state index contributed by atoms with van der Waals surface area (Å²) >= 11 is 0. The molecule has 8 nitrogen and oxygen atoms in total. The van der Waals surface area contributed by atoms with E-state index in [0.717, 1.165) is 11.1 Å². The lowest BCUT2D eigenvalue weighted by Crippen LogP contribution is -2.60. The highest BCUT2D eigenvalue weighted by molar-refractivity contribution is 5.97. The molecule has 2 aliphatic rings. The minimum Gasteiger partial charge on any atom is -0.342 e. The zero-order chi connectivity index (χ0) is 24.1. The van der Waals surface area contributed by atoms with Crippen molar-refractivity contribution in [3.63, 3.8) is 0 Å². The highest BCUT2D eigenvalue weighted by Crippen LogP contribution is 2.21. The maximum Gasteiger partial charge on any atom is 0.246 e. The van der Waals surface area contributed by atoms with Crippen LogP contribution in [0.15, 0.2) is 60.7 Å². The van der Waals surface area contributed by atoms with Crippen LogP contribution in [0.3, 0.4) is 0 Å². The lowest BCUT2D eigenvalue weighted by Gasteiger charge is -2.33. The molecule has 2 aromatic carbocycles. The average molecular weight is 463 g/mol. The van der Waals surface area contributed by atoms with Gasteiger partial charge in [0.2, 0.25) is 23.6 Å². The Morgan fingerprint density at radius 3 is 2.00 bits per heavy atom. The molecule has 2 saturated heterocycles. The van der Waals surface area contributed by atoms with Crippen LogP contribution in [0.4, 0.5) is 0 Å². The smallest absolute Gasteiger partial charge is 0.246 e. The zero-order valence-electron chi connectivity index (χ0n) is 19.3. The predicted molar refractivity (Wildman–Crippen MR) is 127 cm³/mol. The van der Waals surface area contributed by atoms with Crippen LogP contribution in [-0.4, -0.2) is 71.7 Å². The Balaban J connectivity index is 1.66. The molecule has 34 heavy (non-hydrogen) atoms. The van der Waals surface area contributed by atoms with E-state index < -0.39 is 29.9 Å². The minimum atomic E-state index is -0.877. The first-order valence-corrected chi connectivity index (χ1v) is 11.7. The molecule has 0 aliphatic carbocycles. The summed E-state index contributed by atoms with van der Waals surface area (Å²) in [6, 6.07) is 16.5. The first-order valence-electron chi connectivity index (χ1n) is 11.7. The number of nitrogens with one attached hydrogen (secondary N) is 2. The highest BCUT2D eigenvalue weighted by atomic mass is 16.2. The summed E-state index contributed by atoms with van der Waals surface area (Å²) in [5.41, 5.74) is 1.78. The van der Waals surface area contributed by atoms with Crippen LogP contribution in [-0.2, 0) is 32.0 Å². The van der Waals surface area contributed by atoms with Crippen LogP contribution in [0.5, 0.6) is 0 Å². The molecule has 0 aromatic heterocycles. The Labute approximate surface area is 199 Å². The van der Waals surface area contributed by atoms with E-state index in [1.807, 2.05) is 60.7 Å². The van der Waals surface area contributed by atoms with Gasteiger partial charge in [-0.2, -0.15) is 0 Å². The average Bonchev–Trinajstić information content (AvgIpc) is 3.33. The van der Waals surface area contributed by atoms with Gasteiger partial charge in [0.25, 0.3) is 0 Å². The zero-order valence-corrected chi connectivity index (χ0v) is 19.3. The largest absolute Gasteiger partial charge is 0.342 e. The van der Waals surface area contributed by atoms with Crippen molar-refractivity contribution in [1.82, 2.24) is 20.4 Å². The second-order valence-electron chi connectivity index (χ2n) is 8.94. The van der Waals surface area contributed by atoms with Crippen LogP contribution >= 0.6 is 0 Å². The Morgan fingerprint density at radius 2 is 1.38 bits per heavy atom. The first-order chi connectivity index (χ1) is 16.4. The van der Waals surface area contributed by atoms with Gasteiger partial charge in [-0.1, -0.05) is 60.7 Å². The Kier molecular flexibility index (Phi) is 7.25. The summed E-state index contributed by atoms with van der Waals surface area (Å²) in [6.07, 6.45) is 1.81. The van der Waals surface area contributed by atoms with Gasteiger partial charge in [0, 0.05) is 26.4 Å². The van der Waals surface area contributed by atoms with Crippen molar-refractivity contribution in [1.29, 1.82) is 0 Å².